The molecular weight excluding hydrogens is 281 g/mol. The van der Waals surface area contributed by atoms with Crippen molar-refractivity contribution in [1.82, 2.24) is 15.5 Å². The highest BCUT2D eigenvalue weighted by atomic mass is 19.1. The predicted octanol–water partition coefficient (Wildman–Crippen LogP) is 1.83. The molecule has 5 heteroatoms. The topological polar surface area (TPSA) is 44.4 Å². The Morgan fingerprint density at radius 1 is 1.32 bits per heavy atom. The Morgan fingerprint density at radius 2 is 2.05 bits per heavy atom. The molecule has 2 N–H and O–H groups in total. The van der Waals surface area contributed by atoms with Crippen molar-refractivity contribution in [1.29, 1.82) is 0 Å². The molecule has 0 aromatic heterocycles. The molecule has 2 saturated heterocycles. The molecule has 0 radical (unpaired) electrons. The number of benzene rings is 1. The molecule has 2 bridgehead atoms. The molecule has 4 nitrogen and oxygen atoms in total. The Morgan fingerprint density at radius 3 is 2.82 bits per heavy atom. The molecule has 0 spiro atoms. The van der Waals surface area contributed by atoms with Crippen LogP contribution in [0.25, 0.3) is 0 Å². The first kappa shape index (κ1) is 15.4. The van der Waals surface area contributed by atoms with Gasteiger partial charge in [-0.05, 0) is 43.9 Å². The third-order valence-corrected chi connectivity index (χ3v) is 4.72. The van der Waals surface area contributed by atoms with E-state index in [-0.39, 0.29) is 17.8 Å². The van der Waals surface area contributed by atoms with E-state index in [0.29, 0.717) is 18.6 Å². The van der Waals surface area contributed by atoms with Gasteiger partial charge in [0.2, 0.25) is 5.91 Å². The average Bonchev–Trinajstić information content (AvgIpc) is 2.82. The van der Waals surface area contributed by atoms with Gasteiger partial charge in [0.25, 0.3) is 0 Å². The number of halogens is 1. The molecule has 3 rings (SSSR count). The second kappa shape index (κ2) is 6.75. The third kappa shape index (κ3) is 3.84. The summed E-state index contributed by atoms with van der Waals surface area (Å²) in [5, 5.41) is 6.62. The molecular formula is C17H24FN3O. The Bertz CT molecular complexity index is 519. The van der Waals surface area contributed by atoms with Crippen LogP contribution < -0.4 is 10.6 Å². The van der Waals surface area contributed by atoms with Gasteiger partial charge in [-0.25, -0.2) is 4.39 Å². The molecule has 0 saturated carbocycles. The predicted molar refractivity (Wildman–Crippen MR) is 84.0 cm³/mol. The summed E-state index contributed by atoms with van der Waals surface area (Å²) in [6, 6.07) is 7.36. The van der Waals surface area contributed by atoms with E-state index >= 15 is 0 Å². The lowest BCUT2D eigenvalue weighted by molar-refractivity contribution is -0.122. The van der Waals surface area contributed by atoms with Gasteiger partial charge < -0.3 is 10.6 Å². The van der Waals surface area contributed by atoms with Crippen molar-refractivity contribution in [2.24, 2.45) is 0 Å². The van der Waals surface area contributed by atoms with Crippen LogP contribution in [-0.2, 0) is 4.79 Å². The van der Waals surface area contributed by atoms with E-state index in [9.17, 15) is 9.18 Å². The second-order valence-electron chi connectivity index (χ2n) is 6.50. The van der Waals surface area contributed by atoms with E-state index in [1.54, 1.807) is 12.1 Å². The largest absolute Gasteiger partial charge is 0.348 e. The average molecular weight is 305 g/mol. The number of nitrogens with one attached hydrogen (secondary N) is 2. The fourth-order valence-corrected chi connectivity index (χ4v) is 3.48. The first-order valence-electron chi connectivity index (χ1n) is 8.13. The van der Waals surface area contributed by atoms with E-state index < -0.39 is 0 Å². The third-order valence-electron chi connectivity index (χ3n) is 4.72. The van der Waals surface area contributed by atoms with Crippen LogP contribution in [0.4, 0.5) is 4.39 Å². The van der Waals surface area contributed by atoms with E-state index in [2.05, 4.69) is 15.5 Å². The number of hydrogen-bond donors (Lipinski definition) is 2. The summed E-state index contributed by atoms with van der Waals surface area (Å²) in [5.41, 5.74) is 0.923. The summed E-state index contributed by atoms with van der Waals surface area (Å²) in [6.07, 6.45) is 3.61. The number of fused-ring (bicyclic) bond motifs is 2. The summed E-state index contributed by atoms with van der Waals surface area (Å²) >= 11 is 0. The van der Waals surface area contributed by atoms with Crippen molar-refractivity contribution < 1.29 is 9.18 Å². The fourth-order valence-electron chi connectivity index (χ4n) is 3.48. The van der Waals surface area contributed by atoms with Crippen molar-refractivity contribution >= 4 is 5.91 Å². The zero-order valence-corrected chi connectivity index (χ0v) is 13.0. The van der Waals surface area contributed by atoms with Gasteiger partial charge in [-0.2, -0.15) is 0 Å². The van der Waals surface area contributed by atoms with Crippen LogP contribution in [0.1, 0.15) is 37.8 Å². The minimum atomic E-state index is -0.255. The quantitative estimate of drug-likeness (QED) is 0.892. The lowest BCUT2D eigenvalue weighted by Gasteiger charge is -2.24. The van der Waals surface area contributed by atoms with Crippen molar-refractivity contribution in [3.05, 3.63) is 35.6 Å². The normalized spacial score (nSPS) is 26.5. The van der Waals surface area contributed by atoms with Gasteiger partial charge in [0.05, 0.1) is 12.6 Å². The number of carbonyl (C=O) groups excluding carboxylic acids is 1. The van der Waals surface area contributed by atoms with Crippen molar-refractivity contribution in [3.63, 3.8) is 0 Å². The van der Waals surface area contributed by atoms with E-state index in [4.69, 9.17) is 0 Å². The van der Waals surface area contributed by atoms with Crippen LogP contribution >= 0.6 is 0 Å². The van der Waals surface area contributed by atoms with Gasteiger partial charge in [0.15, 0.2) is 0 Å². The van der Waals surface area contributed by atoms with E-state index in [0.717, 1.165) is 25.1 Å². The van der Waals surface area contributed by atoms with Gasteiger partial charge in [-0.1, -0.05) is 12.1 Å². The standard InChI is InChI=1S/C17H24FN3O/c1-12(13-2-4-14(18)5-3-13)19-17(22)11-21-9-8-15-6-7-16(10-21)20-15/h2-5,12,15-16,20H,6-11H2,1H3,(H,19,22). The maximum Gasteiger partial charge on any atom is 0.234 e. The first-order valence-corrected chi connectivity index (χ1v) is 8.13. The number of hydrogen-bond acceptors (Lipinski definition) is 3. The van der Waals surface area contributed by atoms with Gasteiger partial charge in [-0.3, -0.25) is 9.69 Å². The zero-order valence-electron chi connectivity index (χ0n) is 13.0. The second-order valence-corrected chi connectivity index (χ2v) is 6.50. The van der Waals surface area contributed by atoms with Gasteiger partial charge >= 0.3 is 0 Å². The Balaban J connectivity index is 1.50. The van der Waals surface area contributed by atoms with Gasteiger partial charge in [-0.15, -0.1) is 0 Å². The highest BCUT2D eigenvalue weighted by Crippen LogP contribution is 2.20. The summed E-state index contributed by atoms with van der Waals surface area (Å²) in [4.78, 5) is 14.5. The van der Waals surface area contributed by atoms with Crippen molar-refractivity contribution in [2.75, 3.05) is 19.6 Å². The maximum atomic E-state index is 12.9. The number of carbonyl (C=O) groups is 1. The smallest absolute Gasteiger partial charge is 0.234 e. The molecule has 3 unspecified atom stereocenters. The lowest BCUT2D eigenvalue weighted by atomic mass is 10.1. The Hall–Kier alpha value is -1.46. The molecule has 0 aliphatic carbocycles. The number of likely N-dealkylation sites (tertiary alicyclic amines) is 1. The van der Waals surface area contributed by atoms with Gasteiger partial charge in [0, 0.05) is 25.2 Å². The van der Waals surface area contributed by atoms with Crippen LogP contribution in [0.2, 0.25) is 0 Å². The number of rotatable bonds is 4. The minimum absolute atomic E-state index is 0.0367. The van der Waals surface area contributed by atoms with Crippen LogP contribution in [0.15, 0.2) is 24.3 Å². The van der Waals surface area contributed by atoms with E-state index in [1.807, 2.05) is 6.92 Å². The molecule has 120 valence electrons. The Labute approximate surface area is 131 Å². The molecule has 22 heavy (non-hydrogen) atoms. The highest BCUT2D eigenvalue weighted by molar-refractivity contribution is 5.78. The lowest BCUT2D eigenvalue weighted by Crippen LogP contribution is -2.42. The van der Waals surface area contributed by atoms with Crippen molar-refractivity contribution in [3.8, 4) is 0 Å². The molecule has 2 fully saturated rings. The number of amides is 1. The first-order chi connectivity index (χ1) is 10.6. The van der Waals surface area contributed by atoms with Crippen LogP contribution in [-0.4, -0.2) is 42.5 Å². The van der Waals surface area contributed by atoms with E-state index in [1.165, 1.54) is 25.0 Å². The highest BCUT2D eigenvalue weighted by Gasteiger charge is 2.29. The van der Waals surface area contributed by atoms with Gasteiger partial charge in [0.1, 0.15) is 5.82 Å². The monoisotopic (exact) mass is 305 g/mol. The summed E-state index contributed by atoms with van der Waals surface area (Å²) < 4.78 is 12.9. The summed E-state index contributed by atoms with van der Waals surface area (Å²) in [7, 11) is 0. The molecule has 2 aliphatic heterocycles. The Kier molecular flexibility index (Phi) is 4.74. The van der Waals surface area contributed by atoms with Crippen LogP contribution in [0.5, 0.6) is 0 Å². The fraction of sp³-hybridized carbons (Fsp3) is 0.588. The SMILES string of the molecule is CC(NC(=O)CN1CCC2CCC(C1)N2)c1ccc(F)cc1. The zero-order chi connectivity index (χ0) is 15.5. The molecule has 1 aromatic carbocycles. The number of nitrogens with zero attached hydrogens (tertiary/aromatic N) is 1. The molecule has 2 aliphatic rings. The van der Waals surface area contributed by atoms with Crippen LogP contribution in [0, 0.1) is 5.82 Å². The molecule has 2 heterocycles. The van der Waals surface area contributed by atoms with Crippen molar-refractivity contribution in [2.45, 2.75) is 44.3 Å². The van der Waals surface area contributed by atoms with Crippen LogP contribution in [0.3, 0.4) is 0 Å². The summed E-state index contributed by atoms with van der Waals surface area (Å²) in [5.74, 6) is -0.219. The molecule has 1 amide bonds. The molecule has 3 atom stereocenters. The minimum Gasteiger partial charge on any atom is -0.348 e. The summed E-state index contributed by atoms with van der Waals surface area (Å²) in [6.45, 7) is 4.30. The maximum absolute atomic E-state index is 12.9. The molecule has 1 aromatic rings.